The number of methoxy groups -OCH3 is 1. The molecule has 0 spiro atoms. The van der Waals surface area contributed by atoms with Gasteiger partial charge in [0.15, 0.2) is 0 Å². The second-order valence-electron chi connectivity index (χ2n) is 8.56. The summed E-state index contributed by atoms with van der Waals surface area (Å²) >= 11 is 0. The van der Waals surface area contributed by atoms with Gasteiger partial charge in [-0.3, -0.25) is 14.5 Å². The molecule has 3 aromatic carbocycles. The highest BCUT2D eigenvalue weighted by Gasteiger charge is 2.47. The first-order chi connectivity index (χ1) is 16.9. The predicted octanol–water partition coefficient (Wildman–Crippen LogP) is 5.73. The van der Waals surface area contributed by atoms with Crippen LogP contribution in [-0.4, -0.2) is 30.5 Å². The van der Waals surface area contributed by atoms with Crippen molar-refractivity contribution in [2.45, 2.75) is 33.2 Å². The van der Waals surface area contributed by atoms with Crippen molar-refractivity contribution in [3.8, 4) is 11.5 Å². The molecule has 0 radical (unpaired) electrons. The van der Waals surface area contributed by atoms with Crippen LogP contribution in [0.1, 0.15) is 41.6 Å². The summed E-state index contributed by atoms with van der Waals surface area (Å²) in [7, 11) is 1.56. The number of anilines is 1. The van der Waals surface area contributed by atoms with E-state index in [1.165, 1.54) is 4.90 Å². The molecule has 0 aliphatic carbocycles. The molecule has 1 heterocycles. The number of aryl methyl sites for hydroxylation is 2. The molecule has 6 heteroatoms. The molecular formula is C29H29NO5. The van der Waals surface area contributed by atoms with Crippen LogP contribution in [-0.2, 0) is 9.59 Å². The molecule has 180 valence electrons. The Hall–Kier alpha value is -4.06. The highest BCUT2D eigenvalue weighted by atomic mass is 16.5. The number of Topliss-reactive ketones (excluding diaryl/α,β-unsaturated/α-hetero) is 1. The van der Waals surface area contributed by atoms with Gasteiger partial charge in [-0.25, -0.2) is 0 Å². The van der Waals surface area contributed by atoms with Crippen LogP contribution in [0.4, 0.5) is 5.69 Å². The van der Waals surface area contributed by atoms with E-state index in [0.29, 0.717) is 34.9 Å². The lowest BCUT2D eigenvalue weighted by atomic mass is 9.94. The van der Waals surface area contributed by atoms with Crippen molar-refractivity contribution in [3.05, 3.63) is 94.6 Å². The molecule has 1 N–H and O–H groups in total. The maximum absolute atomic E-state index is 13.4. The van der Waals surface area contributed by atoms with Gasteiger partial charge in [-0.15, -0.1) is 0 Å². The molecule has 1 unspecified atom stereocenters. The highest BCUT2D eigenvalue weighted by Crippen LogP contribution is 2.43. The van der Waals surface area contributed by atoms with Crippen LogP contribution in [0, 0.1) is 13.8 Å². The largest absolute Gasteiger partial charge is 0.507 e. The van der Waals surface area contributed by atoms with Crippen molar-refractivity contribution < 1.29 is 24.2 Å². The average molecular weight is 472 g/mol. The molecule has 35 heavy (non-hydrogen) atoms. The Morgan fingerprint density at radius 3 is 2.43 bits per heavy atom. The fourth-order valence-corrected chi connectivity index (χ4v) is 4.37. The summed E-state index contributed by atoms with van der Waals surface area (Å²) in [5.41, 5.74) is 3.42. The van der Waals surface area contributed by atoms with Gasteiger partial charge < -0.3 is 14.6 Å². The first kappa shape index (κ1) is 24.1. The molecule has 1 aliphatic heterocycles. The molecular weight excluding hydrogens is 442 g/mol. The minimum Gasteiger partial charge on any atom is -0.507 e. The van der Waals surface area contributed by atoms with E-state index in [9.17, 15) is 14.7 Å². The molecule has 0 saturated carbocycles. The number of carbonyl (C=O) groups is 2. The van der Waals surface area contributed by atoms with Crippen LogP contribution in [0.2, 0.25) is 0 Å². The number of benzene rings is 3. The van der Waals surface area contributed by atoms with Crippen LogP contribution in [0.3, 0.4) is 0 Å². The molecule has 1 saturated heterocycles. The zero-order valence-corrected chi connectivity index (χ0v) is 20.4. The third kappa shape index (κ3) is 4.52. The van der Waals surface area contributed by atoms with E-state index in [1.807, 2.05) is 45.0 Å². The standard InChI is InChI=1S/C29H29NO5/c1-5-15-35-24-14-13-21(16-19(24)3)27(31)25-26(20-10-8-11-22(17-20)34-4)30(29(33)28(25)32)23-12-7-6-9-18(23)2/h6-14,16-17,26,31H,5,15H2,1-4H3/b27-25-. The SMILES string of the molecule is CCCOc1ccc(/C(O)=C2/C(=O)C(=O)N(c3ccccc3C)C2c2cccc(OC)c2)cc1C. The number of ketones is 1. The summed E-state index contributed by atoms with van der Waals surface area (Å²) in [4.78, 5) is 28.2. The molecule has 1 fully saturated rings. The van der Waals surface area contributed by atoms with E-state index in [0.717, 1.165) is 17.5 Å². The van der Waals surface area contributed by atoms with Gasteiger partial charge >= 0.3 is 0 Å². The molecule has 1 amide bonds. The number of rotatable bonds is 7. The van der Waals surface area contributed by atoms with E-state index in [2.05, 4.69) is 0 Å². The Morgan fingerprint density at radius 2 is 1.74 bits per heavy atom. The zero-order chi connectivity index (χ0) is 25.1. The van der Waals surface area contributed by atoms with Crippen molar-refractivity contribution in [2.24, 2.45) is 0 Å². The summed E-state index contributed by atoms with van der Waals surface area (Å²) in [6.45, 7) is 6.38. The second kappa shape index (κ2) is 10.1. The third-order valence-corrected chi connectivity index (χ3v) is 6.14. The first-order valence-corrected chi connectivity index (χ1v) is 11.6. The van der Waals surface area contributed by atoms with Gasteiger partial charge in [0.2, 0.25) is 0 Å². The number of nitrogens with zero attached hydrogens (tertiary/aromatic N) is 1. The second-order valence-corrected chi connectivity index (χ2v) is 8.56. The topological polar surface area (TPSA) is 76.1 Å². The number of para-hydroxylation sites is 1. The maximum atomic E-state index is 13.4. The van der Waals surface area contributed by atoms with Crippen molar-refractivity contribution in [2.75, 3.05) is 18.6 Å². The molecule has 6 nitrogen and oxygen atoms in total. The van der Waals surface area contributed by atoms with Gasteiger partial charge in [0.25, 0.3) is 11.7 Å². The number of aliphatic hydroxyl groups is 1. The zero-order valence-electron chi connectivity index (χ0n) is 20.4. The average Bonchev–Trinajstić information content (AvgIpc) is 3.13. The lowest BCUT2D eigenvalue weighted by Gasteiger charge is -2.27. The number of hydrogen-bond donors (Lipinski definition) is 1. The van der Waals surface area contributed by atoms with E-state index in [-0.39, 0.29) is 11.3 Å². The first-order valence-electron chi connectivity index (χ1n) is 11.6. The summed E-state index contributed by atoms with van der Waals surface area (Å²) in [5.74, 6) is -0.340. The number of carbonyl (C=O) groups excluding carboxylic acids is 2. The van der Waals surface area contributed by atoms with E-state index < -0.39 is 17.7 Å². The van der Waals surface area contributed by atoms with Crippen molar-refractivity contribution in [3.63, 3.8) is 0 Å². The van der Waals surface area contributed by atoms with Crippen LogP contribution < -0.4 is 14.4 Å². The van der Waals surface area contributed by atoms with Gasteiger partial charge in [0, 0.05) is 11.3 Å². The molecule has 4 rings (SSSR count). The lowest BCUT2D eigenvalue weighted by molar-refractivity contribution is -0.132. The number of ether oxygens (including phenoxy) is 2. The van der Waals surface area contributed by atoms with E-state index in [4.69, 9.17) is 9.47 Å². The normalized spacial score (nSPS) is 17.0. The number of aliphatic hydroxyl groups excluding tert-OH is 1. The fraction of sp³-hybridized carbons (Fsp3) is 0.241. The van der Waals surface area contributed by atoms with Gasteiger partial charge in [0.05, 0.1) is 25.3 Å². The molecule has 1 aliphatic rings. The van der Waals surface area contributed by atoms with Crippen LogP contribution in [0.25, 0.3) is 5.76 Å². The quantitative estimate of drug-likeness (QED) is 0.271. The lowest BCUT2D eigenvalue weighted by Crippen LogP contribution is -2.30. The fourth-order valence-electron chi connectivity index (χ4n) is 4.37. The summed E-state index contributed by atoms with van der Waals surface area (Å²) in [6, 6.07) is 19.0. The Bertz CT molecular complexity index is 1310. The Morgan fingerprint density at radius 1 is 0.971 bits per heavy atom. The molecule has 0 bridgehead atoms. The van der Waals surface area contributed by atoms with Crippen molar-refractivity contribution >= 4 is 23.1 Å². The smallest absolute Gasteiger partial charge is 0.300 e. The van der Waals surface area contributed by atoms with Gasteiger partial charge in [-0.1, -0.05) is 37.3 Å². The van der Waals surface area contributed by atoms with Gasteiger partial charge in [0.1, 0.15) is 17.3 Å². The predicted molar refractivity (Wildman–Crippen MR) is 136 cm³/mol. The maximum Gasteiger partial charge on any atom is 0.300 e. The van der Waals surface area contributed by atoms with Crippen molar-refractivity contribution in [1.29, 1.82) is 0 Å². The van der Waals surface area contributed by atoms with E-state index in [1.54, 1.807) is 49.6 Å². The minimum atomic E-state index is -0.817. The highest BCUT2D eigenvalue weighted by molar-refractivity contribution is 6.51. The summed E-state index contributed by atoms with van der Waals surface area (Å²) in [6.07, 6.45) is 0.879. The summed E-state index contributed by atoms with van der Waals surface area (Å²) < 4.78 is 11.1. The molecule has 1 atom stereocenters. The Balaban J connectivity index is 1.91. The summed E-state index contributed by atoms with van der Waals surface area (Å²) in [5, 5.41) is 11.4. The molecule has 3 aromatic rings. The van der Waals surface area contributed by atoms with Crippen LogP contribution in [0.15, 0.2) is 72.3 Å². The minimum absolute atomic E-state index is 0.0353. The Kier molecular flexibility index (Phi) is 6.92. The van der Waals surface area contributed by atoms with Gasteiger partial charge in [-0.05, 0) is 73.4 Å². The number of amides is 1. The van der Waals surface area contributed by atoms with Crippen LogP contribution >= 0.6 is 0 Å². The van der Waals surface area contributed by atoms with Crippen LogP contribution in [0.5, 0.6) is 11.5 Å². The monoisotopic (exact) mass is 471 g/mol. The van der Waals surface area contributed by atoms with E-state index >= 15 is 0 Å². The Labute approximate surface area is 205 Å². The van der Waals surface area contributed by atoms with Crippen molar-refractivity contribution in [1.82, 2.24) is 0 Å². The van der Waals surface area contributed by atoms with Gasteiger partial charge in [-0.2, -0.15) is 0 Å². The molecule has 0 aromatic heterocycles. The third-order valence-electron chi connectivity index (χ3n) is 6.14. The number of hydrogen-bond acceptors (Lipinski definition) is 5.